The van der Waals surface area contributed by atoms with Crippen LogP contribution in [0.15, 0.2) is 72.9 Å². The SMILES string of the molecule is CCCCC/C=C\C/C=C\C/C=C\C/C=C\CCCC(=O)OC[C@H](COP(=O)(O)OC[C@H](O)COP(=O)(O)OC[C@@H](COC(=O)CCCCCCCCCCCCCCC)OC(=O)CCCCCCC/C=C\CCCCCCCC)OC(=O)CCCCCCC/C=C\CCCCCCCC. The van der Waals surface area contributed by atoms with Crippen LogP contribution in [-0.4, -0.2) is 96.7 Å². The Hall–Kier alpha value is -3.50. The molecule has 19 heteroatoms. The van der Waals surface area contributed by atoms with Gasteiger partial charge in [0.1, 0.15) is 19.3 Å². The molecule has 0 fully saturated rings. The minimum Gasteiger partial charge on any atom is -0.462 e. The molecular formula is C81H146O17P2. The van der Waals surface area contributed by atoms with Crippen molar-refractivity contribution in [3.63, 3.8) is 0 Å². The topological polar surface area (TPSA) is 237 Å². The fourth-order valence-corrected chi connectivity index (χ4v) is 12.5. The van der Waals surface area contributed by atoms with E-state index in [2.05, 4.69) is 88.5 Å². The predicted molar refractivity (Wildman–Crippen MR) is 409 cm³/mol. The fraction of sp³-hybridized carbons (Fsp3) is 0.802. The van der Waals surface area contributed by atoms with E-state index in [9.17, 15) is 43.2 Å². The van der Waals surface area contributed by atoms with Crippen molar-refractivity contribution in [2.45, 2.75) is 380 Å². The number of ether oxygens (including phenoxy) is 4. The number of phosphoric ester groups is 2. The van der Waals surface area contributed by atoms with E-state index in [4.69, 9.17) is 37.0 Å². The van der Waals surface area contributed by atoms with Crippen molar-refractivity contribution in [1.82, 2.24) is 0 Å². The number of carbonyl (C=O) groups excluding carboxylic acids is 4. The number of aliphatic hydroxyl groups is 1. The number of allylic oxidation sites excluding steroid dienone is 12. The number of hydrogen-bond donors (Lipinski definition) is 3. The monoisotopic (exact) mass is 1450 g/mol. The summed E-state index contributed by atoms with van der Waals surface area (Å²) < 4.78 is 68.5. The maximum absolute atomic E-state index is 13.1. The van der Waals surface area contributed by atoms with Gasteiger partial charge >= 0.3 is 39.5 Å². The number of hydrogen-bond acceptors (Lipinski definition) is 15. The standard InChI is InChI=1S/C81H146O17P2/c1-5-9-13-17-21-25-29-33-36-37-40-42-46-50-54-58-62-66-79(84)92-72-77(98-81(86)68-64-60-56-52-48-44-39-35-31-27-23-19-15-11-7-3)74-96-100(89,90)94-70-75(82)69-93-99(87,88)95-73-76(71-91-78(83)65-61-57-53-49-45-41-32-28-24-20-16-12-8-4)97-80(85)67-63-59-55-51-47-43-38-34-30-26-22-18-14-10-6-2/h21,25,33-36,38-40,42,50,54,75-77,82H,5-20,22-24,26-32,37,41,43-49,51-53,55-74H2,1-4H3,(H,87,88)(H,89,90)/b25-21-,36-33-,38-34-,39-35-,42-40-,54-50-/t75-,76-,77-/m1/s1. The summed E-state index contributed by atoms with van der Waals surface area (Å²) >= 11 is 0. The van der Waals surface area contributed by atoms with Gasteiger partial charge in [0.2, 0.25) is 0 Å². The lowest BCUT2D eigenvalue weighted by Gasteiger charge is -2.21. The predicted octanol–water partition coefficient (Wildman–Crippen LogP) is 23.2. The molecule has 5 atom stereocenters. The molecule has 0 spiro atoms. The van der Waals surface area contributed by atoms with Crippen molar-refractivity contribution >= 4 is 39.5 Å². The molecule has 0 bridgehead atoms. The summed E-state index contributed by atoms with van der Waals surface area (Å²) in [6.45, 7) is 4.82. The van der Waals surface area contributed by atoms with Gasteiger partial charge in [0.05, 0.1) is 26.4 Å². The number of phosphoric acid groups is 2. The van der Waals surface area contributed by atoms with Crippen LogP contribution >= 0.6 is 15.6 Å². The Balaban J connectivity index is 5.39. The number of unbranched alkanes of at least 4 members (excludes halogenated alkanes) is 38. The first-order valence-electron chi connectivity index (χ1n) is 40.2. The molecule has 0 heterocycles. The van der Waals surface area contributed by atoms with Crippen molar-refractivity contribution in [2.75, 3.05) is 39.6 Å². The average molecular weight is 1450 g/mol. The van der Waals surface area contributed by atoms with Gasteiger partial charge in [-0.05, 0) is 116 Å². The van der Waals surface area contributed by atoms with Crippen LogP contribution < -0.4 is 0 Å². The van der Waals surface area contributed by atoms with Crippen molar-refractivity contribution in [3.8, 4) is 0 Å². The molecule has 0 aliphatic carbocycles. The molecule has 0 rings (SSSR count). The van der Waals surface area contributed by atoms with Gasteiger partial charge in [-0.15, -0.1) is 0 Å². The molecule has 17 nitrogen and oxygen atoms in total. The van der Waals surface area contributed by atoms with Gasteiger partial charge in [-0.25, -0.2) is 9.13 Å². The molecule has 0 saturated carbocycles. The van der Waals surface area contributed by atoms with Gasteiger partial charge in [-0.3, -0.25) is 37.3 Å². The Morgan fingerprint density at radius 1 is 0.280 bits per heavy atom. The molecule has 582 valence electrons. The summed E-state index contributed by atoms with van der Waals surface area (Å²) in [7, 11) is -9.96. The molecule has 0 saturated heterocycles. The molecule has 0 amide bonds. The van der Waals surface area contributed by atoms with Crippen LogP contribution in [0.5, 0.6) is 0 Å². The zero-order valence-electron chi connectivity index (χ0n) is 63.6. The highest BCUT2D eigenvalue weighted by molar-refractivity contribution is 7.47. The zero-order valence-corrected chi connectivity index (χ0v) is 65.4. The van der Waals surface area contributed by atoms with Gasteiger partial charge in [0, 0.05) is 25.7 Å². The van der Waals surface area contributed by atoms with E-state index in [0.717, 1.165) is 122 Å². The van der Waals surface area contributed by atoms with Gasteiger partial charge < -0.3 is 33.8 Å². The van der Waals surface area contributed by atoms with Crippen LogP contribution in [0.1, 0.15) is 362 Å². The Morgan fingerprint density at radius 3 is 0.820 bits per heavy atom. The maximum Gasteiger partial charge on any atom is 0.472 e. The first kappa shape index (κ1) is 96.5. The third-order valence-electron chi connectivity index (χ3n) is 17.1. The second-order valence-electron chi connectivity index (χ2n) is 27.0. The third kappa shape index (κ3) is 72.8. The Morgan fingerprint density at radius 2 is 0.500 bits per heavy atom. The Labute approximate surface area is 609 Å². The third-order valence-corrected chi connectivity index (χ3v) is 19.0. The second-order valence-corrected chi connectivity index (χ2v) is 29.9. The first-order chi connectivity index (χ1) is 48.7. The molecule has 0 aromatic heterocycles. The lowest BCUT2D eigenvalue weighted by atomic mass is 10.0. The lowest BCUT2D eigenvalue weighted by molar-refractivity contribution is -0.161. The van der Waals surface area contributed by atoms with E-state index < -0.39 is 97.5 Å². The van der Waals surface area contributed by atoms with Crippen LogP contribution in [0.4, 0.5) is 0 Å². The number of rotatable bonds is 76. The highest BCUT2D eigenvalue weighted by Crippen LogP contribution is 2.45. The van der Waals surface area contributed by atoms with Gasteiger partial charge in [0.25, 0.3) is 0 Å². The van der Waals surface area contributed by atoms with E-state index in [0.29, 0.717) is 32.1 Å². The summed E-state index contributed by atoms with van der Waals surface area (Å²) in [5.74, 6) is -2.23. The van der Waals surface area contributed by atoms with E-state index >= 15 is 0 Å². The molecule has 2 unspecified atom stereocenters. The molecule has 0 aliphatic rings. The number of carbonyl (C=O) groups is 4. The summed E-state index contributed by atoms with van der Waals surface area (Å²) in [5.41, 5.74) is 0. The van der Waals surface area contributed by atoms with E-state index in [1.165, 1.54) is 154 Å². The van der Waals surface area contributed by atoms with Crippen LogP contribution in [0, 0.1) is 0 Å². The Kier molecular flexibility index (Phi) is 71.2. The summed E-state index contributed by atoms with van der Waals surface area (Å²) in [5, 5.41) is 10.6. The summed E-state index contributed by atoms with van der Waals surface area (Å²) in [4.78, 5) is 72.9. The van der Waals surface area contributed by atoms with Crippen molar-refractivity contribution in [2.24, 2.45) is 0 Å². The molecule has 100 heavy (non-hydrogen) atoms. The Bertz CT molecular complexity index is 2180. The van der Waals surface area contributed by atoms with Gasteiger partial charge in [-0.1, -0.05) is 293 Å². The van der Waals surface area contributed by atoms with Crippen molar-refractivity contribution < 1.29 is 80.2 Å². The first-order valence-corrected chi connectivity index (χ1v) is 43.2. The minimum absolute atomic E-state index is 0.0760. The summed E-state index contributed by atoms with van der Waals surface area (Å²) in [6, 6.07) is 0. The number of aliphatic hydroxyl groups excluding tert-OH is 1. The molecule has 0 aromatic rings. The molecule has 0 aromatic carbocycles. The molecular weight excluding hydrogens is 1310 g/mol. The van der Waals surface area contributed by atoms with Crippen LogP contribution in [-0.2, 0) is 65.4 Å². The molecule has 0 radical (unpaired) electrons. The highest BCUT2D eigenvalue weighted by atomic mass is 31.2. The number of esters is 4. The lowest BCUT2D eigenvalue weighted by Crippen LogP contribution is -2.30. The summed E-state index contributed by atoms with van der Waals surface area (Å²) in [6.07, 6.45) is 74.5. The van der Waals surface area contributed by atoms with Gasteiger partial charge in [0.15, 0.2) is 12.2 Å². The fourth-order valence-electron chi connectivity index (χ4n) is 11.0. The average Bonchev–Trinajstić information content (AvgIpc) is 0.945. The maximum atomic E-state index is 13.1. The van der Waals surface area contributed by atoms with Crippen molar-refractivity contribution in [1.29, 1.82) is 0 Å². The largest absolute Gasteiger partial charge is 0.472 e. The second kappa shape index (κ2) is 73.8. The molecule has 3 N–H and O–H groups in total. The van der Waals surface area contributed by atoms with Crippen LogP contribution in [0.3, 0.4) is 0 Å². The minimum atomic E-state index is -4.99. The smallest absolute Gasteiger partial charge is 0.462 e. The zero-order chi connectivity index (χ0) is 73.2. The van der Waals surface area contributed by atoms with Crippen molar-refractivity contribution in [3.05, 3.63) is 72.9 Å². The highest BCUT2D eigenvalue weighted by Gasteiger charge is 2.30. The molecule has 0 aliphatic heterocycles. The quantitative estimate of drug-likeness (QED) is 0.0169. The van der Waals surface area contributed by atoms with Gasteiger partial charge in [-0.2, -0.15) is 0 Å². The van der Waals surface area contributed by atoms with E-state index in [-0.39, 0.29) is 25.7 Å². The normalized spacial score (nSPS) is 14.3. The van der Waals surface area contributed by atoms with Crippen LogP contribution in [0.25, 0.3) is 0 Å². The van der Waals surface area contributed by atoms with Crippen LogP contribution in [0.2, 0.25) is 0 Å². The van der Waals surface area contributed by atoms with E-state index in [1.54, 1.807) is 0 Å². The van der Waals surface area contributed by atoms with E-state index in [1.807, 2.05) is 12.2 Å².